The fraction of sp³-hybridized carbons (Fsp3) is 0.143. The van der Waals surface area contributed by atoms with E-state index < -0.39 is 23.9 Å². The Morgan fingerprint density at radius 2 is 1.71 bits per heavy atom. The summed E-state index contributed by atoms with van der Waals surface area (Å²) in [5, 5.41) is 31.1. The number of ether oxygens (including phenoxy) is 1. The van der Waals surface area contributed by atoms with Gasteiger partial charge in [-0.1, -0.05) is 12.1 Å². The van der Waals surface area contributed by atoms with Gasteiger partial charge in [-0.25, -0.2) is 0 Å². The highest BCUT2D eigenvalue weighted by Gasteiger charge is 2.12. The van der Waals surface area contributed by atoms with Gasteiger partial charge in [0, 0.05) is 12.1 Å². The van der Waals surface area contributed by atoms with Crippen LogP contribution in [0.5, 0.6) is 23.0 Å². The van der Waals surface area contributed by atoms with Gasteiger partial charge in [0.05, 0.1) is 5.69 Å². The lowest BCUT2D eigenvalue weighted by atomic mass is 10.1. The molecule has 2 aromatic rings. The number of anilines is 1. The van der Waals surface area contributed by atoms with Crippen molar-refractivity contribution in [3.05, 3.63) is 42.0 Å². The van der Waals surface area contributed by atoms with Gasteiger partial charge in [-0.05, 0) is 24.3 Å². The molecule has 112 valence electrons. The first-order valence-electron chi connectivity index (χ1n) is 5.99. The molecule has 4 N–H and O–H groups in total. The van der Waals surface area contributed by atoms with E-state index in [0.29, 0.717) is 5.69 Å². The van der Waals surface area contributed by atoms with E-state index in [0.717, 1.165) is 0 Å². The van der Waals surface area contributed by atoms with Crippen molar-refractivity contribution in [2.24, 2.45) is 0 Å². The summed E-state index contributed by atoms with van der Waals surface area (Å²) in [6, 6.07) is 8.71. The van der Waals surface area contributed by atoms with Crippen LogP contribution in [-0.2, 0) is 6.54 Å². The number of rotatable bonds is 5. The normalized spacial score (nSPS) is 10.6. The van der Waals surface area contributed by atoms with E-state index in [4.69, 9.17) is 0 Å². The van der Waals surface area contributed by atoms with Gasteiger partial charge in [-0.15, -0.1) is 0 Å². The van der Waals surface area contributed by atoms with Crippen molar-refractivity contribution in [2.75, 3.05) is 5.32 Å². The van der Waals surface area contributed by atoms with Crippen LogP contribution in [-0.4, -0.2) is 21.9 Å². The van der Waals surface area contributed by atoms with Gasteiger partial charge in [0.2, 0.25) is 5.75 Å². The van der Waals surface area contributed by atoms with E-state index in [1.165, 1.54) is 24.3 Å². The molecule has 0 unspecified atom stereocenters. The number of hydrogen-bond donors (Lipinski definition) is 4. The predicted molar refractivity (Wildman–Crippen MR) is 71.8 cm³/mol. The van der Waals surface area contributed by atoms with Gasteiger partial charge in [0.15, 0.2) is 11.5 Å². The summed E-state index contributed by atoms with van der Waals surface area (Å²) in [6.07, 6.45) is 0. The number of nitrogens with one attached hydrogen (secondary N) is 1. The molecule has 0 amide bonds. The summed E-state index contributed by atoms with van der Waals surface area (Å²) >= 11 is 0. The maximum Gasteiger partial charge on any atom is 0.387 e. The predicted octanol–water partition coefficient (Wildman–Crippen LogP) is 3.02. The summed E-state index contributed by atoms with van der Waals surface area (Å²) in [6.45, 7) is -2.90. The number of aromatic hydroxyl groups is 3. The van der Waals surface area contributed by atoms with Crippen molar-refractivity contribution in [3.8, 4) is 23.0 Å². The number of alkyl halides is 2. The van der Waals surface area contributed by atoms with Crippen molar-refractivity contribution in [3.63, 3.8) is 0 Å². The zero-order valence-corrected chi connectivity index (χ0v) is 10.8. The highest BCUT2D eigenvalue weighted by molar-refractivity contribution is 5.58. The summed E-state index contributed by atoms with van der Waals surface area (Å²) in [7, 11) is 0. The largest absolute Gasteiger partial charge is 0.504 e. The third-order valence-electron chi connectivity index (χ3n) is 2.79. The van der Waals surface area contributed by atoms with Crippen molar-refractivity contribution in [2.45, 2.75) is 13.2 Å². The second-order valence-electron chi connectivity index (χ2n) is 4.17. The first-order valence-corrected chi connectivity index (χ1v) is 5.99. The molecule has 0 aliphatic rings. The second-order valence-corrected chi connectivity index (χ2v) is 4.17. The third kappa shape index (κ3) is 3.44. The fourth-order valence-electron chi connectivity index (χ4n) is 1.76. The maximum absolute atomic E-state index is 12.3. The minimum Gasteiger partial charge on any atom is -0.504 e. The Hall–Kier alpha value is -2.70. The van der Waals surface area contributed by atoms with Crippen LogP contribution < -0.4 is 10.1 Å². The number of halogens is 2. The summed E-state index contributed by atoms with van der Waals surface area (Å²) in [5.41, 5.74) is 0.599. The van der Waals surface area contributed by atoms with Gasteiger partial charge in [0.1, 0.15) is 5.75 Å². The molecule has 0 aliphatic carbocycles. The first kappa shape index (κ1) is 14.7. The summed E-state index contributed by atoms with van der Waals surface area (Å²) in [4.78, 5) is 0. The molecular formula is C14H13F2NO4. The van der Waals surface area contributed by atoms with Gasteiger partial charge in [-0.2, -0.15) is 8.78 Å². The van der Waals surface area contributed by atoms with E-state index in [1.807, 2.05) is 0 Å². The Balaban J connectivity index is 2.15. The second kappa shape index (κ2) is 6.17. The highest BCUT2D eigenvalue weighted by Crippen LogP contribution is 2.37. The standard InChI is InChI=1S/C14H13F2NO4/c15-14(16)21-11-4-2-1-3-9(11)17-7-8-5-6-10(18)13(20)12(8)19/h1-6,14,17-20H,7H2. The fourth-order valence-corrected chi connectivity index (χ4v) is 1.76. The summed E-state index contributed by atoms with van der Waals surface area (Å²) < 4.78 is 28.9. The smallest absolute Gasteiger partial charge is 0.387 e. The highest BCUT2D eigenvalue weighted by atomic mass is 19.3. The molecule has 0 atom stereocenters. The van der Waals surface area contributed by atoms with Crippen molar-refractivity contribution < 1.29 is 28.8 Å². The molecule has 0 aromatic heterocycles. The summed E-state index contributed by atoms with van der Waals surface area (Å²) in [5.74, 6) is -1.59. The molecule has 0 aliphatic heterocycles. The van der Waals surface area contributed by atoms with Crippen LogP contribution in [0.1, 0.15) is 5.56 Å². The molecule has 0 radical (unpaired) electrons. The Morgan fingerprint density at radius 1 is 1.00 bits per heavy atom. The number of phenols is 3. The van der Waals surface area contributed by atoms with E-state index >= 15 is 0 Å². The Kier molecular flexibility index (Phi) is 4.32. The zero-order valence-electron chi connectivity index (χ0n) is 10.8. The number of hydrogen-bond acceptors (Lipinski definition) is 5. The van der Waals surface area contributed by atoms with Crippen LogP contribution in [0.15, 0.2) is 36.4 Å². The molecule has 0 spiro atoms. The Morgan fingerprint density at radius 3 is 2.43 bits per heavy atom. The average Bonchev–Trinajstić information content (AvgIpc) is 2.45. The van der Waals surface area contributed by atoms with Crippen molar-refractivity contribution in [1.82, 2.24) is 0 Å². The van der Waals surface area contributed by atoms with Crippen LogP contribution in [0, 0.1) is 0 Å². The van der Waals surface area contributed by atoms with Crippen LogP contribution in [0.3, 0.4) is 0 Å². The average molecular weight is 297 g/mol. The first-order chi connectivity index (χ1) is 9.99. The quantitative estimate of drug-likeness (QED) is 0.638. The molecule has 0 saturated carbocycles. The van der Waals surface area contributed by atoms with Crippen LogP contribution in [0.4, 0.5) is 14.5 Å². The molecule has 7 heteroatoms. The Labute approximate surface area is 119 Å². The van der Waals surface area contributed by atoms with Gasteiger partial charge < -0.3 is 25.4 Å². The van der Waals surface area contributed by atoms with E-state index in [2.05, 4.69) is 10.1 Å². The zero-order chi connectivity index (χ0) is 15.4. The molecule has 0 fully saturated rings. The van der Waals surface area contributed by atoms with E-state index in [-0.39, 0.29) is 17.9 Å². The minimum absolute atomic E-state index is 0.0324. The lowest BCUT2D eigenvalue weighted by molar-refractivity contribution is -0.0493. The van der Waals surface area contributed by atoms with Crippen LogP contribution >= 0.6 is 0 Å². The van der Waals surface area contributed by atoms with Gasteiger partial charge in [-0.3, -0.25) is 0 Å². The number of benzene rings is 2. The molecule has 2 rings (SSSR count). The van der Waals surface area contributed by atoms with E-state index in [9.17, 15) is 24.1 Å². The monoisotopic (exact) mass is 297 g/mol. The van der Waals surface area contributed by atoms with Crippen LogP contribution in [0.25, 0.3) is 0 Å². The number of para-hydroxylation sites is 2. The minimum atomic E-state index is -2.95. The third-order valence-corrected chi connectivity index (χ3v) is 2.79. The molecule has 5 nitrogen and oxygen atoms in total. The van der Waals surface area contributed by atoms with Crippen molar-refractivity contribution >= 4 is 5.69 Å². The molecular weight excluding hydrogens is 284 g/mol. The molecule has 0 saturated heterocycles. The number of phenolic OH excluding ortho intramolecular Hbond substituents is 3. The SMILES string of the molecule is Oc1ccc(CNc2ccccc2OC(F)F)c(O)c1O. The van der Waals surface area contributed by atoms with Gasteiger partial charge >= 0.3 is 6.61 Å². The van der Waals surface area contributed by atoms with E-state index in [1.54, 1.807) is 12.1 Å². The van der Waals surface area contributed by atoms with Crippen molar-refractivity contribution in [1.29, 1.82) is 0 Å². The lowest BCUT2D eigenvalue weighted by Gasteiger charge is -2.13. The lowest BCUT2D eigenvalue weighted by Crippen LogP contribution is -2.06. The molecule has 21 heavy (non-hydrogen) atoms. The maximum atomic E-state index is 12.3. The topological polar surface area (TPSA) is 82.0 Å². The molecule has 0 heterocycles. The molecule has 0 bridgehead atoms. The van der Waals surface area contributed by atoms with Gasteiger partial charge in [0.25, 0.3) is 0 Å². The Bertz CT molecular complexity index is 634. The van der Waals surface area contributed by atoms with Crippen LogP contribution in [0.2, 0.25) is 0 Å². The molecule has 2 aromatic carbocycles.